The smallest absolute Gasteiger partial charge is 0.478 e. The zero-order valence-electron chi connectivity index (χ0n) is 18.7. The second-order valence-corrected chi connectivity index (χ2v) is 11.8. The molecular weight excluding hydrogens is 542 g/mol. The largest absolute Gasteiger partial charge is 0.756 e. The first-order valence-corrected chi connectivity index (χ1v) is 13.8. The minimum absolute atomic E-state index is 0.00547. The van der Waals surface area contributed by atoms with Crippen LogP contribution in [0.25, 0.3) is 21.6 Å². The van der Waals surface area contributed by atoms with Crippen LogP contribution >= 0.6 is 15.6 Å². The highest BCUT2D eigenvalue weighted by Crippen LogP contribution is 2.58. The maximum Gasteiger partial charge on any atom is 0.478 e. The molecule has 21 heteroatoms. The number of aliphatic hydroxyl groups is 3. The van der Waals surface area contributed by atoms with Crippen molar-refractivity contribution in [1.29, 1.82) is 0 Å². The molecule has 3 aliphatic heterocycles. The molecule has 0 aromatic carbocycles. The van der Waals surface area contributed by atoms with Gasteiger partial charge in [-0.05, 0) is 29.4 Å². The molecule has 5 heterocycles. The van der Waals surface area contributed by atoms with E-state index in [0.717, 1.165) is 4.57 Å². The summed E-state index contributed by atoms with van der Waals surface area (Å²) in [5.74, 6) is -0.832. The Hall–Kier alpha value is -2.24. The Morgan fingerprint density at radius 2 is 2.00 bits per heavy atom. The highest BCUT2D eigenvalue weighted by molar-refractivity contribution is 7.60. The fourth-order valence-corrected chi connectivity index (χ4v) is 6.88. The molecule has 1 saturated heterocycles. The normalized spacial score (nSPS) is 40.5. The minimum atomic E-state index is -5.34. The standard InChI is InChI=1S/C16H22N8O11P2/c17-13-10-14-19-5-23(13)7-1-6(2-8(7)25)3-32-36(28,29)35-37(30,31)33-4-9-11(26)12(27)15(34-9)24(14)16(20-10)21-22-18/h5-9,11-12,15,17,25-27H,1-4H2,(H2,28,29,30,31)/t6-,7+,8+,9+,11+,12+,15+/m0/s1. The van der Waals surface area contributed by atoms with E-state index in [0.29, 0.717) is 0 Å². The molecule has 2 fully saturated rings. The lowest BCUT2D eigenvalue weighted by Gasteiger charge is -2.26. The Kier molecular flexibility index (Phi) is 6.77. The molecule has 2 aromatic heterocycles. The number of anilines is 1. The maximum absolute atomic E-state index is 12.2. The molecule has 4 aliphatic rings. The highest BCUT2D eigenvalue weighted by Gasteiger charge is 2.47. The first kappa shape index (κ1) is 26.4. The molecule has 37 heavy (non-hydrogen) atoms. The number of ether oxygens (including phenoxy) is 1. The van der Waals surface area contributed by atoms with Gasteiger partial charge >= 0.3 is 7.82 Å². The van der Waals surface area contributed by atoms with Crippen LogP contribution in [0, 0.1) is 5.92 Å². The summed E-state index contributed by atoms with van der Waals surface area (Å²) in [5, 5.41) is 35.2. The van der Waals surface area contributed by atoms with Crippen molar-refractivity contribution in [3.8, 4) is 0 Å². The second kappa shape index (κ2) is 9.50. The van der Waals surface area contributed by atoms with Crippen LogP contribution in [0.5, 0.6) is 0 Å². The number of imidazole rings is 1. The molecule has 0 radical (unpaired) electrons. The van der Waals surface area contributed by atoms with Gasteiger partial charge in [0.25, 0.3) is 13.6 Å². The van der Waals surface area contributed by atoms with E-state index in [1.54, 1.807) is 0 Å². The van der Waals surface area contributed by atoms with Crippen molar-refractivity contribution in [2.24, 2.45) is 11.0 Å². The molecular formula is C16H22N8O11P2. The van der Waals surface area contributed by atoms with Crippen LogP contribution in [-0.4, -0.2) is 72.4 Å². The molecule has 2 aromatic rings. The van der Waals surface area contributed by atoms with E-state index in [1.807, 2.05) is 0 Å². The SMILES string of the molecule is [N-]=[N+]=Nc1nc2c(N)[n+]3cnc2n1[C@@H]1O[C@H](COP(=O)(O)OP(=O)([O-])OC[C@@H]2C[C@@H](O)[C@H]3C2)[C@@H](O)[C@H]1O. The topological polar surface area (TPSA) is 284 Å². The van der Waals surface area contributed by atoms with Gasteiger partial charge in [0.1, 0.15) is 24.4 Å². The summed E-state index contributed by atoms with van der Waals surface area (Å²) in [6.45, 7) is -1.36. The van der Waals surface area contributed by atoms with E-state index in [9.17, 15) is 34.2 Å². The molecule has 0 spiro atoms. The van der Waals surface area contributed by atoms with Gasteiger partial charge in [0, 0.05) is 4.91 Å². The number of rotatable bonds is 1. The van der Waals surface area contributed by atoms with Crippen molar-refractivity contribution in [3.05, 3.63) is 16.8 Å². The number of phosphoric ester groups is 2. The average molecular weight is 564 g/mol. The van der Waals surface area contributed by atoms with Crippen LogP contribution < -0.4 is 15.2 Å². The lowest BCUT2D eigenvalue weighted by Crippen LogP contribution is -2.46. The van der Waals surface area contributed by atoms with E-state index < -0.39 is 71.5 Å². The Labute approximate surface area is 206 Å². The molecule has 0 amide bonds. The van der Waals surface area contributed by atoms with Gasteiger partial charge in [-0.25, -0.2) is 18.4 Å². The summed E-state index contributed by atoms with van der Waals surface area (Å²) in [7, 11) is -10.6. The van der Waals surface area contributed by atoms with Gasteiger partial charge < -0.3 is 40.1 Å². The number of fused-ring (bicyclic) bond motifs is 7. The molecule has 1 aliphatic carbocycles. The van der Waals surface area contributed by atoms with Gasteiger partial charge in [-0.3, -0.25) is 13.7 Å². The maximum atomic E-state index is 12.2. The molecule has 1 saturated carbocycles. The fraction of sp³-hybridized carbons (Fsp3) is 0.688. The van der Waals surface area contributed by atoms with Crippen LogP contribution in [0.4, 0.5) is 11.8 Å². The van der Waals surface area contributed by atoms with Crippen LogP contribution in [0.15, 0.2) is 11.4 Å². The third kappa shape index (κ3) is 4.85. The Balaban J connectivity index is 1.63. The number of aliphatic hydroxyl groups excluding tert-OH is 3. The zero-order valence-corrected chi connectivity index (χ0v) is 20.5. The van der Waals surface area contributed by atoms with E-state index >= 15 is 0 Å². The van der Waals surface area contributed by atoms with Crippen molar-refractivity contribution in [2.45, 2.75) is 49.5 Å². The van der Waals surface area contributed by atoms with E-state index in [1.165, 1.54) is 10.9 Å². The van der Waals surface area contributed by atoms with Crippen molar-refractivity contribution in [3.63, 3.8) is 0 Å². The second-order valence-electron chi connectivity index (χ2n) is 8.79. The third-order valence-corrected chi connectivity index (χ3v) is 9.01. The summed E-state index contributed by atoms with van der Waals surface area (Å²) in [5.41, 5.74) is 15.4. The predicted molar refractivity (Wildman–Crippen MR) is 115 cm³/mol. The summed E-state index contributed by atoms with van der Waals surface area (Å²) in [6.07, 6.45) is -5.80. The predicted octanol–water partition coefficient (Wildman–Crippen LogP) is -1.19. The number of azide groups is 1. The van der Waals surface area contributed by atoms with Gasteiger partial charge in [0.15, 0.2) is 11.7 Å². The van der Waals surface area contributed by atoms with Crippen molar-refractivity contribution < 1.29 is 56.9 Å². The molecule has 6 N–H and O–H groups in total. The minimum Gasteiger partial charge on any atom is -0.756 e. The van der Waals surface area contributed by atoms with Crippen LogP contribution in [0.2, 0.25) is 0 Å². The number of phosphoric acid groups is 2. The number of hydrogen-bond acceptors (Lipinski definition) is 14. The third-order valence-electron chi connectivity index (χ3n) is 6.44. The van der Waals surface area contributed by atoms with Crippen molar-refractivity contribution in [2.75, 3.05) is 18.9 Å². The molecule has 202 valence electrons. The van der Waals surface area contributed by atoms with Gasteiger partial charge in [0.05, 0.1) is 19.3 Å². The summed E-state index contributed by atoms with van der Waals surface area (Å²) < 4.78 is 46.1. The summed E-state index contributed by atoms with van der Waals surface area (Å²) in [4.78, 5) is 33.2. The lowest BCUT2D eigenvalue weighted by atomic mass is 10.1. The quantitative estimate of drug-likeness (QED) is 0.0895. The number of nitrogens with two attached hydrogens (primary N) is 1. The number of nitrogens with zero attached hydrogens (tertiary/aromatic N) is 7. The Morgan fingerprint density at radius 3 is 2.73 bits per heavy atom. The number of hydrogen-bond donors (Lipinski definition) is 5. The van der Waals surface area contributed by atoms with Gasteiger partial charge in [-0.15, -0.1) is 0 Å². The monoisotopic (exact) mass is 564 g/mol. The van der Waals surface area contributed by atoms with Gasteiger partial charge in [-0.1, -0.05) is 4.98 Å². The Morgan fingerprint density at radius 1 is 1.24 bits per heavy atom. The molecule has 19 nitrogen and oxygen atoms in total. The van der Waals surface area contributed by atoms with E-state index in [-0.39, 0.29) is 35.8 Å². The number of aromatic nitrogens is 4. The first-order chi connectivity index (χ1) is 17.4. The van der Waals surface area contributed by atoms with Crippen molar-refractivity contribution >= 4 is 38.6 Å². The lowest BCUT2D eigenvalue weighted by molar-refractivity contribution is -0.716. The van der Waals surface area contributed by atoms with Gasteiger partial charge in [0.2, 0.25) is 17.9 Å². The van der Waals surface area contributed by atoms with Crippen LogP contribution in [0.3, 0.4) is 0 Å². The Bertz CT molecular complexity index is 1370. The van der Waals surface area contributed by atoms with Gasteiger partial charge in [-0.2, -0.15) is 0 Å². The molecule has 8 bridgehead atoms. The molecule has 2 unspecified atom stereocenters. The van der Waals surface area contributed by atoms with E-state index in [4.69, 9.17) is 20.5 Å². The van der Waals surface area contributed by atoms with Crippen LogP contribution in [-0.2, 0) is 27.2 Å². The van der Waals surface area contributed by atoms with E-state index in [2.05, 4.69) is 28.8 Å². The summed E-state index contributed by atoms with van der Waals surface area (Å²) >= 11 is 0. The average Bonchev–Trinajstić information content (AvgIpc) is 3.45. The van der Waals surface area contributed by atoms with Crippen LogP contribution in [0.1, 0.15) is 25.1 Å². The highest BCUT2D eigenvalue weighted by atomic mass is 31.3. The van der Waals surface area contributed by atoms with Crippen molar-refractivity contribution in [1.82, 2.24) is 14.5 Å². The molecule has 6 rings (SSSR count). The first-order valence-electron chi connectivity index (χ1n) is 10.9. The number of nitrogen functional groups attached to an aromatic ring is 1. The summed E-state index contributed by atoms with van der Waals surface area (Å²) in [6, 6.07) is -0.684. The molecule has 9 atom stereocenters. The fourth-order valence-electron chi connectivity index (χ4n) is 4.76. The zero-order chi connectivity index (χ0) is 26.7.